The van der Waals surface area contributed by atoms with Gasteiger partial charge in [-0.1, -0.05) is 0 Å². The Labute approximate surface area is 57.5 Å². The van der Waals surface area contributed by atoms with E-state index in [0.29, 0.717) is 5.88 Å². The number of carboxylic acids is 1. The molecule has 0 atom stereocenters. The highest BCUT2D eigenvalue weighted by Gasteiger charge is 1.96. The Hall–Kier alpha value is -1.45. The van der Waals surface area contributed by atoms with Crippen molar-refractivity contribution < 1.29 is 14.3 Å². The quantitative estimate of drug-likeness (QED) is 0.652. The van der Waals surface area contributed by atoms with Crippen molar-refractivity contribution in [1.29, 1.82) is 0 Å². The van der Waals surface area contributed by atoms with E-state index in [1.54, 1.807) is 12.1 Å². The molecule has 4 nitrogen and oxygen atoms in total. The van der Waals surface area contributed by atoms with Crippen molar-refractivity contribution in [2.75, 3.05) is 11.9 Å². The number of hydrogen-bond donors (Lipinski definition) is 2. The molecule has 0 amide bonds. The zero-order valence-corrected chi connectivity index (χ0v) is 5.20. The van der Waals surface area contributed by atoms with Gasteiger partial charge in [-0.05, 0) is 6.07 Å². The molecule has 1 aromatic heterocycles. The number of carboxylic acid groups (broad SMARTS) is 1. The molecule has 0 unspecified atom stereocenters. The van der Waals surface area contributed by atoms with Crippen LogP contribution >= 0.6 is 0 Å². The van der Waals surface area contributed by atoms with Crippen molar-refractivity contribution >= 4 is 11.9 Å². The van der Waals surface area contributed by atoms with E-state index in [-0.39, 0.29) is 6.54 Å². The fourth-order valence-electron chi connectivity index (χ4n) is 0.542. The zero-order valence-electron chi connectivity index (χ0n) is 5.20. The van der Waals surface area contributed by atoms with Crippen LogP contribution < -0.4 is 5.32 Å². The second-order valence-corrected chi connectivity index (χ2v) is 1.72. The summed E-state index contributed by atoms with van der Waals surface area (Å²) >= 11 is 0. The summed E-state index contributed by atoms with van der Waals surface area (Å²) in [6.45, 7) is -0.118. The number of rotatable bonds is 3. The molecule has 0 saturated heterocycles. The number of nitrogens with one attached hydrogen (secondary N) is 1. The molecule has 1 aromatic rings. The number of hydrogen-bond acceptors (Lipinski definition) is 3. The minimum Gasteiger partial charge on any atom is -0.480 e. The highest BCUT2D eigenvalue weighted by atomic mass is 16.4. The van der Waals surface area contributed by atoms with E-state index in [1.807, 2.05) is 0 Å². The van der Waals surface area contributed by atoms with E-state index < -0.39 is 5.97 Å². The van der Waals surface area contributed by atoms with E-state index in [9.17, 15) is 4.79 Å². The number of anilines is 1. The van der Waals surface area contributed by atoms with Crippen molar-refractivity contribution in [3.05, 3.63) is 18.4 Å². The van der Waals surface area contributed by atoms with Gasteiger partial charge in [0.05, 0.1) is 6.26 Å². The molecular weight excluding hydrogens is 134 g/mol. The van der Waals surface area contributed by atoms with Gasteiger partial charge in [-0.2, -0.15) is 0 Å². The van der Waals surface area contributed by atoms with Crippen LogP contribution in [0.3, 0.4) is 0 Å². The van der Waals surface area contributed by atoms with E-state index in [1.165, 1.54) is 6.26 Å². The van der Waals surface area contributed by atoms with Crippen LogP contribution in [0.5, 0.6) is 0 Å². The van der Waals surface area contributed by atoms with E-state index in [0.717, 1.165) is 0 Å². The van der Waals surface area contributed by atoms with Gasteiger partial charge in [0.1, 0.15) is 6.54 Å². The van der Waals surface area contributed by atoms with Crippen molar-refractivity contribution in [2.24, 2.45) is 0 Å². The molecule has 0 spiro atoms. The van der Waals surface area contributed by atoms with Gasteiger partial charge >= 0.3 is 5.97 Å². The molecule has 0 aliphatic carbocycles. The molecule has 10 heavy (non-hydrogen) atoms. The minimum absolute atomic E-state index is 0.118. The predicted molar refractivity (Wildman–Crippen MR) is 34.8 cm³/mol. The Morgan fingerprint density at radius 2 is 2.60 bits per heavy atom. The molecule has 4 heteroatoms. The van der Waals surface area contributed by atoms with Gasteiger partial charge in [0.25, 0.3) is 0 Å². The highest BCUT2D eigenvalue weighted by Crippen LogP contribution is 2.04. The summed E-state index contributed by atoms with van der Waals surface area (Å²) in [7, 11) is 0. The smallest absolute Gasteiger partial charge is 0.322 e. The predicted octanol–water partition coefficient (Wildman–Crippen LogP) is 0.776. The molecule has 1 heterocycles. The van der Waals surface area contributed by atoms with Crippen LogP contribution in [0.25, 0.3) is 0 Å². The molecule has 0 aliphatic heterocycles. The first-order chi connectivity index (χ1) is 4.79. The Kier molecular flexibility index (Phi) is 1.94. The number of carbonyl (C=O) groups is 1. The van der Waals surface area contributed by atoms with Crippen LogP contribution in [0.4, 0.5) is 5.88 Å². The Morgan fingerprint density at radius 3 is 3.10 bits per heavy atom. The summed E-state index contributed by atoms with van der Waals surface area (Å²) in [5.41, 5.74) is 0. The van der Waals surface area contributed by atoms with Gasteiger partial charge in [0.15, 0.2) is 5.88 Å². The van der Waals surface area contributed by atoms with Crippen LogP contribution in [-0.2, 0) is 4.79 Å². The third kappa shape index (κ3) is 1.81. The number of furan rings is 1. The molecule has 54 valence electrons. The Morgan fingerprint density at radius 1 is 1.80 bits per heavy atom. The van der Waals surface area contributed by atoms with Crippen LogP contribution in [0.1, 0.15) is 0 Å². The molecule has 1 rings (SSSR count). The van der Waals surface area contributed by atoms with Crippen LogP contribution in [0, 0.1) is 0 Å². The van der Waals surface area contributed by atoms with E-state index >= 15 is 0 Å². The highest BCUT2D eigenvalue weighted by molar-refractivity contribution is 5.71. The molecular formula is C6H7NO3. The van der Waals surface area contributed by atoms with E-state index in [2.05, 4.69) is 5.32 Å². The van der Waals surface area contributed by atoms with Gasteiger partial charge in [0.2, 0.25) is 0 Å². The topological polar surface area (TPSA) is 62.5 Å². The van der Waals surface area contributed by atoms with Crippen LogP contribution in [0.2, 0.25) is 0 Å². The van der Waals surface area contributed by atoms with Crippen molar-refractivity contribution in [2.45, 2.75) is 0 Å². The molecule has 0 saturated carbocycles. The van der Waals surface area contributed by atoms with Crippen molar-refractivity contribution in [1.82, 2.24) is 0 Å². The first kappa shape index (κ1) is 6.67. The van der Waals surface area contributed by atoms with Gasteiger partial charge in [-0.15, -0.1) is 0 Å². The molecule has 0 aromatic carbocycles. The monoisotopic (exact) mass is 141 g/mol. The SMILES string of the molecule is O=C(O)CNc1ccco1. The summed E-state index contributed by atoms with van der Waals surface area (Å²) in [6, 6.07) is 3.34. The lowest BCUT2D eigenvalue weighted by molar-refractivity contribution is -0.134. The second-order valence-electron chi connectivity index (χ2n) is 1.72. The first-order valence-corrected chi connectivity index (χ1v) is 2.78. The maximum atomic E-state index is 9.99. The molecule has 0 fully saturated rings. The fourth-order valence-corrected chi connectivity index (χ4v) is 0.542. The van der Waals surface area contributed by atoms with Gasteiger partial charge in [-0.3, -0.25) is 4.79 Å². The molecule has 0 radical (unpaired) electrons. The maximum Gasteiger partial charge on any atom is 0.322 e. The third-order valence-corrected chi connectivity index (χ3v) is 0.935. The van der Waals surface area contributed by atoms with Crippen molar-refractivity contribution in [3.8, 4) is 0 Å². The van der Waals surface area contributed by atoms with Gasteiger partial charge in [0, 0.05) is 6.07 Å². The third-order valence-electron chi connectivity index (χ3n) is 0.935. The normalized spacial score (nSPS) is 9.20. The lowest BCUT2D eigenvalue weighted by Crippen LogP contribution is -2.11. The summed E-state index contributed by atoms with van der Waals surface area (Å²) in [5.74, 6) is -0.432. The summed E-state index contributed by atoms with van der Waals surface area (Å²) in [6.07, 6.45) is 1.48. The zero-order chi connectivity index (χ0) is 7.40. The van der Waals surface area contributed by atoms with Gasteiger partial charge < -0.3 is 14.8 Å². The summed E-state index contributed by atoms with van der Waals surface area (Å²) < 4.78 is 4.81. The maximum absolute atomic E-state index is 9.99. The lowest BCUT2D eigenvalue weighted by atomic mass is 10.6. The number of aliphatic carboxylic acids is 1. The standard InChI is InChI=1S/C6H7NO3/c8-6(9)4-7-5-2-1-3-10-5/h1-3,7H,4H2,(H,8,9). The summed E-state index contributed by atoms with van der Waals surface area (Å²) in [4.78, 5) is 9.99. The average molecular weight is 141 g/mol. The lowest BCUT2D eigenvalue weighted by Gasteiger charge is -1.94. The molecule has 2 N–H and O–H groups in total. The average Bonchev–Trinajstić information content (AvgIpc) is 2.34. The first-order valence-electron chi connectivity index (χ1n) is 2.78. The summed E-state index contributed by atoms with van der Waals surface area (Å²) in [5, 5.41) is 10.8. The van der Waals surface area contributed by atoms with Gasteiger partial charge in [-0.25, -0.2) is 0 Å². The molecule has 0 aliphatic rings. The second kappa shape index (κ2) is 2.91. The molecule has 0 bridgehead atoms. The van der Waals surface area contributed by atoms with Crippen LogP contribution in [-0.4, -0.2) is 17.6 Å². The fraction of sp³-hybridized carbons (Fsp3) is 0.167. The Balaban J connectivity index is 2.35. The van der Waals surface area contributed by atoms with E-state index in [4.69, 9.17) is 9.52 Å². The van der Waals surface area contributed by atoms with Crippen molar-refractivity contribution in [3.63, 3.8) is 0 Å². The minimum atomic E-state index is -0.906. The largest absolute Gasteiger partial charge is 0.480 e. The van der Waals surface area contributed by atoms with Crippen LogP contribution in [0.15, 0.2) is 22.8 Å². The Bertz CT molecular complexity index is 205.